The number of amides is 1. The molecule has 0 saturated heterocycles. The van der Waals surface area contributed by atoms with Crippen LogP contribution in [0.1, 0.15) is 18.9 Å². The monoisotopic (exact) mass is 423 g/mol. The Bertz CT molecular complexity index is 846. The molecule has 0 unspecified atom stereocenters. The Hall–Kier alpha value is -1.88. The molecule has 0 aliphatic heterocycles. The van der Waals surface area contributed by atoms with Gasteiger partial charge >= 0.3 is 156 Å². The Morgan fingerprint density at radius 1 is 1.08 bits per heavy atom. The molecule has 0 aliphatic rings. The van der Waals surface area contributed by atoms with E-state index in [0.717, 1.165) is 19.9 Å². The molecule has 2 rings (SSSR count). The van der Waals surface area contributed by atoms with Gasteiger partial charge in [-0.2, -0.15) is 0 Å². The van der Waals surface area contributed by atoms with Gasteiger partial charge in [0.15, 0.2) is 0 Å². The van der Waals surface area contributed by atoms with Gasteiger partial charge in [-0.15, -0.1) is 0 Å². The zero-order valence-electron chi connectivity index (χ0n) is 14.3. The van der Waals surface area contributed by atoms with E-state index in [1.165, 1.54) is 0 Å². The number of hydrogen-bond acceptors (Lipinski definition) is 3. The number of carbonyl (C=O) groups is 1. The maximum absolute atomic E-state index is 13.0. The molecule has 0 N–H and O–H groups in total. The standard InChI is InChI=1S/C19H21NO3SSe/c1-15(2)13-14-20(19(21)25-18-7-5-4-6-8-18)24(22,23)17-11-9-16(3)10-12-17/h4-12H,1,13-14H2,2-3H3. The number of carbonyl (C=O) groups excluding carboxylic acids is 1. The van der Waals surface area contributed by atoms with Gasteiger partial charge in [-0.05, 0) is 0 Å². The summed E-state index contributed by atoms with van der Waals surface area (Å²) in [6.45, 7) is 7.63. The van der Waals surface area contributed by atoms with Gasteiger partial charge in [-0.25, -0.2) is 0 Å². The Labute approximate surface area is 155 Å². The summed E-state index contributed by atoms with van der Waals surface area (Å²) in [6.07, 6.45) is 0.446. The number of benzene rings is 2. The first-order valence-corrected chi connectivity index (χ1v) is 11.0. The molecule has 2 aromatic rings. The molecule has 0 heterocycles. The summed E-state index contributed by atoms with van der Waals surface area (Å²) in [7, 11) is -3.87. The average molecular weight is 422 g/mol. The first kappa shape index (κ1) is 19.4. The number of aryl methyl sites for hydroxylation is 1. The van der Waals surface area contributed by atoms with Crippen molar-refractivity contribution in [2.24, 2.45) is 0 Å². The van der Waals surface area contributed by atoms with Crippen LogP contribution in [0.4, 0.5) is 4.79 Å². The van der Waals surface area contributed by atoms with Crippen molar-refractivity contribution in [3.63, 3.8) is 0 Å². The SMILES string of the molecule is C=C(C)CCN(C(=O)[Se]c1ccccc1)S(=O)(=O)c1ccc(C)cc1. The van der Waals surface area contributed by atoms with Crippen molar-refractivity contribution >= 4 is 34.2 Å². The average Bonchev–Trinajstić information content (AvgIpc) is 2.55. The summed E-state index contributed by atoms with van der Waals surface area (Å²) < 4.78 is 27.8. The third kappa shape index (κ3) is 5.30. The zero-order valence-corrected chi connectivity index (χ0v) is 16.8. The number of sulfonamides is 1. The number of hydrogen-bond donors (Lipinski definition) is 0. The summed E-state index contributed by atoms with van der Waals surface area (Å²) in [6, 6.07) is 15.8. The van der Waals surface area contributed by atoms with Gasteiger partial charge in [-0.3, -0.25) is 0 Å². The number of rotatable bonds is 7. The second kappa shape index (κ2) is 8.47. The second-order valence-corrected chi connectivity index (χ2v) is 9.79. The Morgan fingerprint density at radius 3 is 2.24 bits per heavy atom. The van der Waals surface area contributed by atoms with Crippen LogP contribution in [-0.2, 0) is 10.0 Å². The molecule has 1 amide bonds. The van der Waals surface area contributed by atoms with Crippen LogP contribution in [0.2, 0.25) is 0 Å². The molecule has 25 heavy (non-hydrogen) atoms. The van der Waals surface area contributed by atoms with E-state index in [4.69, 9.17) is 0 Å². The fraction of sp³-hybridized carbons (Fsp3) is 0.211. The van der Waals surface area contributed by atoms with Crippen LogP contribution >= 0.6 is 0 Å². The summed E-state index contributed by atoms with van der Waals surface area (Å²) in [5, 5.41) is 0. The Balaban J connectivity index is 2.32. The van der Waals surface area contributed by atoms with E-state index < -0.39 is 25.0 Å². The van der Waals surface area contributed by atoms with Crippen LogP contribution in [0, 0.1) is 6.92 Å². The van der Waals surface area contributed by atoms with E-state index in [0.29, 0.717) is 6.42 Å². The molecule has 132 valence electrons. The van der Waals surface area contributed by atoms with Crippen molar-refractivity contribution < 1.29 is 13.2 Å². The van der Waals surface area contributed by atoms with E-state index >= 15 is 0 Å². The summed E-state index contributed by atoms with van der Waals surface area (Å²) >= 11 is -0.603. The molecule has 0 fully saturated rings. The molecule has 4 nitrogen and oxygen atoms in total. The van der Waals surface area contributed by atoms with Gasteiger partial charge in [0.1, 0.15) is 0 Å². The minimum atomic E-state index is -3.87. The van der Waals surface area contributed by atoms with E-state index in [1.807, 2.05) is 44.2 Å². The first-order chi connectivity index (χ1) is 11.8. The van der Waals surface area contributed by atoms with Gasteiger partial charge in [0, 0.05) is 0 Å². The Kier molecular flexibility index (Phi) is 6.59. The van der Waals surface area contributed by atoms with E-state index in [2.05, 4.69) is 6.58 Å². The van der Waals surface area contributed by atoms with Crippen LogP contribution in [0.5, 0.6) is 0 Å². The molecular weight excluding hydrogens is 401 g/mol. The Morgan fingerprint density at radius 2 is 1.68 bits per heavy atom. The predicted octanol–water partition coefficient (Wildman–Crippen LogP) is 3.10. The maximum atomic E-state index is 13.0. The van der Waals surface area contributed by atoms with Crippen molar-refractivity contribution in [1.82, 2.24) is 4.31 Å². The van der Waals surface area contributed by atoms with Crippen molar-refractivity contribution in [2.75, 3.05) is 6.54 Å². The quantitative estimate of drug-likeness (QED) is 0.509. The van der Waals surface area contributed by atoms with Crippen LogP contribution in [0.15, 0.2) is 71.6 Å². The molecule has 6 heteroatoms. The number of nitrogens with zero attached hydrogens (tertiary/aromatic N) is 1. The molecule has 0 aromatic heterocycles. The molecule has 0 bridgehead atoms. The molecule has 0 atom stereocenters. The molecule has 0 saturated carbocycles. The fourth-order valence-corrected chi connectivity index (χ4v) is 5.60. The van der Waals surface area contributed by atoms with Crippen LogP contribution in [0.25, 0.3) is 0 Å². The van der Waals surface area contributed by atoms with E-state index in [9.17, 15) is 13.2 Å². The van der Waals surface area contributed by atoms with Gasteiger partial charge < -0.3 is 0 Å². The van der Waals surface area contributed by atoms with Crippen molar-refractivity contribution in [2.45, 2.75) is 25.2 Å². The van der Waals surface area contributed by atoms with Crippen molar-refractivity contribution in [1.29, 1.82) is 0 Å². The molecule has 0 spiro atoms. The zero-order chi connectivity index (χ0) is 18.4. The molecule has 2 aromatic carbocycles. The topological polar surface area (TPSA) is 54.5 Å². The predicted molar refractivity (Wildman–Crippen MR) is 102 cm³/mol. The van der Waals surface area contributed by atoms with Gasteiger partial charge in [0.25, 0.3) is 0 Å². The fourth-order valence-electron chi connectivity index (χ4n) is 2.08. The molecule has 0 aliphatic carbocycles. The summed E-state index contributed by atoms with van der Waals surface area (Å²) in [4.78, 5) is 12.5. The second-order valence-electron chi connectivity index (χ2n) is 5.78. The van der Waals surface area contributed by atoms with Gasteiger partial charge in [0.2, 0.25) is 0 Å². The third-order valence-corrected chi connectivity index (χ3v) is 7.45. The first-order valence-electron chi connectivity index (χ1n) is 7.81. The van der Waals surface area contributed by atoms with Crippen molar-refractivity contribution in [3.8, 4) is 0 Å². The normalized spacial score (nSPS) is 11.1. The minimum absolute atomic E-state index is 0.110. The summed E-state index contributed by atoms with van der Waals surface area (Å²) in [5.41, 5.74) is 1.80. The van der Waals surface area contributed by atoms with Crippen LogP contribution in [-0.4, -0.2) is 39.0 Å². The molecular formula is C19H21NO3SSe. The van der Waals surface area contributed by atoms with E-state index in [-0.39, 0.29) is 16.2 Å². The van der Waals surface area contributed by atoms with E-state index in [1.54, 1.807) is 24.3 Å². The third-order valence-electron chi connectivity index (χ3n) is 3.50. The van der Waals surface area contributed by atoms with Gasteiger partial charge in [0.05, 0.1) is 0 Å². The van der Waals surface area contributed by atoms with Gasteiger partial charge in [-0.1, -0.05) is 0 Å². The summed E-state index contributed by atoms with van der Waals surface area (Å²) in [5.74, 6) is 0. The molecule has 0 radical (unpaired) electrons. The van der Waals surface area contributed by atoms with Crippen LogP contribution < -0.4 is 4.46 Å². The van der Waals surface area contributed by atoms with Crippen LogP contribution in [0.3, 0.4) is 0 Å². The van der Waals surface area contributed by atoms with Crippen molar-refractivity contribution in [3.05, 3.63) is 72.3 Å².